The van der Waals surface area contributed by atoms with Crippen LogP contribution in [0.3, 0.4) is 0 Å². The summed E-state index contributed by atoms with van der Waals surface area (Å²) in [6.45, 7) is -4.44. The van der Waals surface area contributed by atoms with Crippen molar-refractivity contribution in [1.82, 2.24) is 15.0 Å². The minimum absolute atomic E-state index is 0.0174. The van der Waals surface area contributed by atoms with Crippen LogP contribution in [0.2, 0.25) is 0 Å². The highest BCUT2D eigenvalue weighted by atomic mass is 19.4. The molecular formula is C21H17F5N6O3. The normalized spacial score (nSPS) is 13.6. The number of pyridine rings is 1. The van der Waals surface area contributed by atoms with Gasteiger partial charge in [0.1, 0.15) is 12.3 Å². The van der Waals surface area contributed by atoms with Crippen molar-refractivity contribution in [3.63, 3.8) is 0 Å². The number of methoxy groups -OCH3 is 1. The largest absolute Gasteiger partial charge is 0.497 e. The van der Waals surface area contributed by atoms with Crippen LogP contribution in [-0.2, 0) is 6.54 Å². The average Bonchev–Trinajstić information content (AvgIpc) is 2.82. The second kappa shape index (κ2) is 9.56. The van der Waals surface area contributed by atoms with Crippen molar-refractivity contribution in [2.24, 2.45) is 0 Å². The molecule has 14 heteroatoms. The summed E-state index contributed by atoms with van der Waals surface area (Å²) in [5.74, 6) is -0.139. The lowest BCUT2D eigenvalue weighted by Gasteiger charge is -2.36. The Hall–Kier alpha value is -4.23. The number of amides is 2. The van der Waals surface area contributed by atoms with Gasteiger partial charge in [0.15, 0.2) is 5.82 Å². The second-order valence-corrected chi connectivity index (χ2v) is 7.15. The minimum Gasteiger partial charge on any atom is -0.497 e. The lowest BCUT2D eigenvalue weighted by atomic mass is 10.1. The summed E-state index contributed by atoms with van der Waals surface area (Å²) in [6.07, 6.45) is -2.09. The number of rotatable bonds is 7. The number of nitrogens with one attached hydrogen (secondary N) is 1. The van der Waals surface area contributed by atoms with Gasteiger partial charge in [-0.25, -0.2) is 19.7 Å². The maximum absolute atomic E-state index is 13.5. The topological polar surface area (TPSA) is 92.7 Å². The molecule has 0 fully saturated rings. The zero-order valence-electron chi connectivity index (χ0n) is 18.0. The van der Waals surface area contributed by atoms with Crippen LogP contribution in [-0.4, -0.2) is 47.4 Å². The number of carbonyl (C=O) groups excluding carboxylic acids is 1. The first kappa shape index (κ1) is 23.9. The van der Waals surface area contributed by atoms with Gasteiger partial charge < -0.3 is 14.8 Å². The van der Waals surface area contributed by atoms with Crippen LogP contribution in [0.4, 0.5) is 49.9 Å². The summed E-state index contributed by atoms with van der Waals surface area (Å²) in [6, 6.07) is 8.44. The van der Waals surface area contributed by atoms with Gasteiger partial charge in [-0.2, -0.15) is 26.9 Å². The highest BCUT2D eigenvalue weighted by molar-refractivity contribution is 6.10. The van der Waals surface area contributed by atoms with Gasteiger partial charge in [-0.1, -0.05) is 0 Å². The Morgan fingerprint density at radius 2 is 1.77 bits per heavy atom. The fourth-order valence-corrected chi connectivity index (χ4v) is 3.28. The standard InChI is InChI=1S/C21H17F5N6O3/c1-34-15-5-2-13(3-6-15)31-10-12-8-28-19(29-11-21(24,25)26)30-17(12)32(20(31)33)14-4-7-16(27-9-14)35-18(22)23/h2-9,18H,10-11H2,1H3,(H,28,29,30). The van der Waals surface area contributed by atoms with E-state index in [1.807, 2.05) is 0 Å². The Labute approximate surface area is 195 Å². The first-order chi connectivity index (χ1) is 16.6. The number of benzene rings is 1. The molecule has 1 aromatic carbocycles. The average molecular weight is 496 g/mol. The predicted molar refractivity (Wildman–Crippen MR) is 114 cm³/mol. The number of aromatic nitrogens is 3. The quantitative estimate of drug-likeness (QED) is 0.473. The molecule has 0 spiro atoms. The molecule has 3 heterocycles. The van der Waals surface area contributed by atoms with E-state index in [0.29, 0.717) is 17.0 Å². The predicted octanol–water partition coefficient (Wildman–Crippen LogP) is 4.73. The molecule has 9 nitrogen and oxygen atoms in total. The SMILES string of the molecule is COc1ccc(N2Cc3cnc(NCC(F)(F)F)nc3N(c3ccc(OC(F)F)nc3)C2=O)cc1. The number of urea groups is 1. The molecule has 0 radical (unpaired) electrons. The molecule has 1 aliphatic rings. The first-order valence-electron chi connectivity index (χ1n) is 9.97. The molecule has 35 heavy (non-hydrogen) atoms. The van der Waals surface area contributed by atoms with Crippen molar-refractivity contribution < 1.29 is 36.2 Å². The van der Waals surface area contributed by atoms with E-state index in [1.54, 1.807) is 24.3 Å². The zero-order chi connectivity index (χ0) is 25.2. The van der Waals surface area contributed by atoms with Gasteiger partial charge in [0.05, 0.1) is 25.5 Å². The smallest absolute Gasteiger partial charge is 0.405 e. The van der Waals surface area contributed by atoms with Gasteiger partial charge in [-0.3, -0.25) is 4.90 Å². The lowest BCUT2D eigenvalue weighted by Crippen LogP contribution is -2.45. The molecular weight excluding hydrogens is 479 g/mol. The van der Waals surface area contributed by atoms with Gasteiger partial charge in [-0.05, 0) is 30.3 Å². The summed E-state index contributed by atoms with van der Waals surface area (Å²) in [4.78, 5) is 27.8. The highest BCUT2D eigenvalue weighted by Crippen LogP contribution is 2.36. The minimum atomic E-state index is -4.51. The summed E-state index contributed by atoms with van der Waals surface area (Å²) in [7, 11) is 1.50. The van der Waals surface area contributed by atoms with E-state index in [0.717, 1.165) is 17.2 Å². The van der Waals surface area contributed by atoms with Gasteiger partial charge in [0.25, 0.3) is 0 Å². The Balaban J connectivity index is 1.73. The number of hydrogen-bond donors (Lipinski definition) is 1. The van der Waals surface area contributed by atoms with Crippen molar-refractivity contribution in [3.05, 3.63) is 54.4 Å². The van der Waals surface area contributed by atoms with Crippen molar-refractivity contribution in [1.29, 1.82) is 0 Å². The summed E-state index contributed by atoms with van der Waals surface area (Å²) < 4.78 is 72.2. The van der Waals surface area contributed by atoms with Crippen LogP contribution >= 0.6 is 0 Å². The first-order valence-corrected chi connectivity index (χ1v) is 9.97. The Kier molecular flexibility index (Phi) is 6.53. The molecule has 2 aromatic heterocycles. The molecule has 3 aromatic rings. The molecule has 0 bridgehead atoms. The fourth-order valence-electron chi connectivity index (χ4n) is 3.28. The Morgan fingerprint density at radius 3 is 2.37 bits per heavy atom. The Bertz CT molecular complexity index is 1190. The van der Waals surface area contributed by atoms with Crippen molar-refractivity contribution in [3.8, 4) is 11.6 Å². The van der Waals surface area contributed by atoms with E-state index in [4.69, 9.17) is 4.74 Å². The summed E-state index contributed by atoms with van der Waals surface area (Å²) in [5.41, 5.74) is 1.04. The van der Waals surface area contributed by atoms with Crippen LogP contribution in [0.1, 0.15) is 5.56 Å². The van der Waals surface area contributed by atoms with E-state index >= 15 is 0 Å². The lowest BCUT2D eigenvalue weighted by molar-refractivity contribution is -0.115. The zero-order valence-corrected chi connectivity index (χ0v) is 18.0. The van der Waals surface area contributed by atoms with Crippen molar-refractivity contribution in [2.75, 3.05) is 28.8 Å². The van der Waals surface area contributed by atoms with Gasteiger partial charge >= 0.3 is 18.8 Å². The number of anilines is 4. The van der Waals surface area contributed by atoms with E-state index in [2.05, 4.69) is 25.0 Å². The number of hydrogen-bond acceptors (Lipinski definition) is 7. The van der Waals surface area contributed by atoms with Gasteiger partial charge in [0.2, 0.25) is 11.8 Å². The van der Waals surface area contributed by atoms with E-state index in [1.165, 1.54) is 24.3 Å². The molecule has 0 saturated carbocycles. The maximum atomic E-state index is 13.5. The molecule has 0 saturated heterocycles. The molecule has 1 N–H and O–H groups in total. The van der Waals surface area contributed by atoms with Crippen LogP contribution in [0.25, 0.3) is 0 Å². The molecule has 0 aliphatic carbocycles. The van der Waals surface area contributed by atoms with Crippen molar-refractivity contribution >= 4 is 29.2 Å². The third kappa shape index (κ3) is 5.47. The number of halogens is 5. The number of carbonyl (C=O) groups is 1. The maximum Gasteiger partial charge on any atom is 0.405 e. The van der Waals surface area contributed by atoms with Crippen LogP contribution in [0.15, 0.2) is 48.8 Å². The van der Waals surface area contributed by atoms with E-state index < -0.39 is 25.4 Å². The number of ether oxygens (including phenoxy) is 2. The third-order valence-electron chi connectivity index (χ3n) is 4.82. The Morgan fingerprint density at radius 1 is 1.06 bits per heavy atom. The number of fused-ring (bicyclic) bond motifs is 1. The molecule has 0 atom stereocenters. The van der Waals surface area contributed by atoms with Crippen LogP contribution in [0.5, 0.6) is 11.6 Å². The molecule has 4 rings (SSSR count). The van der Waals surface area contributed by atoms with Crippen LogP contribution < -0.4 is 24.6 Å². The monoisotopic (exact) mass is 496 g/mol. The fraction of sp³-hybridized carbons (Fsp3) is 0.238. The van der Waals surface area contributed by atoms with Gasteiger partial charge in [-0.15, -0.1) is 0 Å². The molecule has 0 unspecified atom stereocenters. The molecule has 2 amide bonds. The second-order valence-electron chi connectivity index (χ2n) is 7.15. The summed E-state index contributed by atoms with van der Waals surface area (Å²) in [5, 5.41) is 2.08. The molecule has 184 valence electrons. The number of alkyl halides is 5. The summed E-state index contributed by atoms with van der Waals surface area (Å²) >= 11 is 0. The number of nitrogens with zero attached hydrogens (tertiary/aromatic N) is 5. The van der Waals surface area contributed by atoms with Crippen LogP contribution in [0, 0.1) is 0 Å². The van der Waals surface area contributed by atoms with Gasteiger partial charge in [0, 0.05) is 23.5 Å². The molecule has 1 aliphatic heterocycles. The highest BCUT2D eigenvalue weighted by Gasteiger charge is 2.35. The van der Waals surface area contributed by atoms with Crippen molar-refractivity contribution in [2.45, 2.75) is 19.3 Å². The van der Waals surface area contributed by atoms with E-state index in [-0.39, 0.29) is 29.9 Å². The van der Waals surface area contributed by atoms with E-state index in [9.17, 15) is 26.7 Å². The third-order valence-corrected chi connectivity index (χ3v) is 4.82.